The highest BCUT2D eigenvalue weighted by Gasteiger charge is 2.36. The summed E-state index contributed by atoms with van der Waals surface area (Å²) in [6, 6.07) is 17.0. The molecule has 0 spiro atoms. The Bertz CT molecular complexity index is 700. The number of carbonyl (C=O) groups excluding carboxylic acids is 2. The van der Waals surface area contributed by atoms with Crippen LogP contribution in [0.4, 0.5) is 5.69 Å². The molecule has 0 aromatic heterocycles. The molecule has 0 bridgehead atoms. The van der Waals surface area contributed by atoms with E-state index in [2.05, 4.69) is 15.9 Å². The minimum absolute atomic E-state index is 0.0400. The fourth-order valence-electron chi connectivity index (χ4n) is 2.58. The maximum Gasteiger partial charge on any atom is 0.311 e. The Morgan fingerprint density at radius 3 is 2.52 bits per heavy atom. The molecule has 0 saturated carbocycles. The average molecular weight is 374 g/mol. The lowest BCUT2D eigenvalue weighted by atomic mass is 10.1. The first-order valence-electron chi connectivity index (χ1n) is 7.40. The van der Waals surface area contributed by atoms with Crippen molar-refractivity contribution in [3.63, 3.8) is 0 Å². The number of ether oxygens (including phenoxy) is 1. The molecule has 1 aliphatic rings. The zero-order chi connectivity index (χ0) is 16.2. The van der Waals surface area contributed by atoms with E-state index in [1.54, 1.807) is 4.90 Å². The number of nitrogens with zero attached hydrogens (tertiary/aromatic N) is 1. The summed E-state index contributed by atoms with van der Waals surface area (Å²) >= 11 is 3.36. The van der Waals surface area contributed by atoms with Gasteiger partial charge in [-0.25, -0.2) is 0 Å². The summed E-state index contributed by atoms with van der Waals surface area (Å²) in [6.45, 7) is 0.601. The first-order valence-corrected chi connectivity index (χ1v) is 8.19. The summed E-state index contributed by atoms with van der Waals surface area (Å²) in [7, 11) is 0. The van der Waals surface area contributed by atoms with Crippen LogP contribution in [-0.4, -0.2) is 18.4 Å². The second kappa shape index (κ2) is 6.96. The van der Waals surface area contributed by atoms with E-state index in [9.17, 15) is 9.59 Å². The molecular weight excluding hydrogens is 358 g/mol. The standard InChI is InChI=1S/C18H16BrNO3/c19-15-8-6-13(7-9-15)12-23-18(22)14-10-17(21)20(11-14)16-4-2-1-3-5-16/h1-9,14H,10-12H2. The lowest BCUT2D eigenvalue weighted by molar-refractivity contribution is -0.149. The molecule has 1 saturated heterocycles. The van der Waals surface area contributed by atoms with Gasteiger partial charge < -0.3 is 9.64 Å². The lowest BCUT2D eigenvalue weighted by Crippen LogP contribution is -2.26. The van der Waals surface area contributed by atoms with Gasteiger partial charge in [0, 0.05) is 23.1 Å². The lowest BCUT2D eigenvalue weighted by Gasteiger charge is -2.16. The fraction of sp³-hybridized carbons (Fsp3) is 0.222. The van der Waals surface area contributed by atoms with E-state index in [-0.39, 0.29) is 24.9 Å². The highest BCUT2D eigenvalue weighted by Crippen LogP contribution is 2.25. The molecular formula is C18H16BrNO3. The maximum absolute atomic E-state index is 12.2. The summed E-state index contributed by atoms with van der Waals surface area (Å²) in [5, 5.41) is 0. The average Bonchev–Trinajstić information content (AvgIpc) is 2.97. The van der Waals surface area contributed by atoms with Gasteiger partial charge in [0.05, 0.1) is 5.92 Å². The van der Waals surface area contributed by atoms with Crippen molar-refractivity contribution in [1.82, 2.24) is 0 Å². The number of anilines is 1. The van der Waals surface area contributed by atoms with Gasteiger partial charge in [-0.1, -0.05) is 46.3 Å². The monoisotopic (exact) mass is 373 g/mol. The van der Waals surface area contributed by atoms with E-state index in [1.807, 2.05) is 54.6 Å². The Kier molecular flexibility index (Phi) is 4.76. The van der Waals surface area contributed by atoms with E-state index in [4.69, 9.17) is 4.74 Å². The van der Waals surface area contributed by atoms with Crippen LogP contribution in [0, 0.1) is 5.92 Å². The van der Waals surface area contributed by atoms with Gasteiger partial charge in [-0.15, -0.1) is 0 Å². The third kappa shape index (κ3) is 3.79. The van der Waals surface area contributed by atoms with E-state index in [0.717, 1.165) is 15.7 Å². The number of rotatable bonds is 4. The molecule has 0 radical (unpaired) electrons. The predicted octanol–water partition coefficient (Wildman–Crippen LogP) is 3.55. The van der Waals surface area contributed by atoms with Gasteiger partial charge in [0.15, 0.2) is 0 Å². The highest BCUT2D eigenvalue weighted by atomic mass is 79.9. The summed E-state index contributed by atoms with van der Waals surface area (Å²) in [6.07, 6.45) is 0.202. The molecule has 1 fully saturated rings. The van der Waals surface area contributed by atoms with Crippen LogP contribution in [0.25, 0.3) is 0 Å². The van der Waals surface area contributed by atoms with Gasteiger partial charge in [0.2, 0.25) is 5.91 Å². The molecule has 1 aliphatic heterocycles. The van der Waals surface area contributed by atoms with Crippen LogP contribution in [0.3, 0.4) is 0 Å². The predicted molar refractivity (Wildman–Crippen MR) is 90.8 cm³/mol. The molecule has 4 nitrogen and oxygen atoms in total. The van der Waals surface area contributed by atoms with Crippen molar-refractivity contribution in [2.75, 3.05) is 11.4 Å². The van der Waals surface area contributed by atoms with Crippen LogP contribution in [0.5, 0.6) is 0 Å². The van der Waals surface area contributed by atoms with Crippen molar-refractivity contribution in [2.45, 2.75) is 13.0 Å². The molecule has 1 atom stereocenters. The number of hydrogen-bond acceptors (Lipinski definition) is 3. The van der Waals surface area contributed by atoms with E-state index >= 15 is 0 Å². The number of halogens is 1. The summed E-state index contributed by atoms with van der Waals surface area (Å²) in [5.41, 5.74) is 1.74. The molecule has 1 amide bonds. The zero-order valence-corrected chi connectivity index (χ0v) is 14.0. The molecule has 0 aliphatic carbocycles. The molecule has 23 heavy (non-hydrogen) atoms. The number of esters is 1. The molecule has 2 aromatic carbocycles. The minimum atomic E-state index is -0.404. The van der Waals surface area contributed by atoms with Crippen molar-refractivity contribution in [3.05, 3.63) is 64.6 Å². The van der Waals surface area contributed by atoms with Crippen molar-refractivity contribution >= 4 is 33.5 Å². The van der Waals surface area contributed by atoms with Gasteiger partial charge in [-0.05, 0) is 29.8 Å². The van der Waals surface area contributed by atoms with Crippen LogP contribution < -0.4 is 4.90 Å². The van der Waals surface area contributed by atoms with Crippen LogP contribution in [0.15, 0.2) is 59.1 Å². The van der Waals surface area contributed by atoms with E-state index in [1.165, 1.54) is 0 Å². The zero-order valence-electron chi connectivity index (χ0n) is 12.4. The Morgan fingerprint density at radius 2 is 1.83 bits per heavy atom. The third-order valence-electron chi connectivity index (χ3n) is 3.82. The second-order valence-corrected chi connectivity index (χ2v) is 6.39. The van der Waals surface area contributed by atoms with Crippen molar-refractivity contribution in [1.29, 1.82) is 0 Å². The third-order valence-corrected chi connectivity index (χ3v) is 4.35. The number of benzene rings is 2. The van der Waals surface area contributed by atoms with Gasteiger partial charge in [-0.2, -0.15) is 0 Å². The Labute approximate surface area is 143 Å². The smallest absolute Gasteiger partial charge is 0.311 e. The molecule has 0 N–H and O–H groups in total. The SMILES string of the molecule is O=C(OCc1ccc(Br)cc1)C1CC(=O)N(c2ccccc2)C1. The molecule has 1 heterocycles. The molecule has 5 heteroatoms. The first-order chi connectivity index (χ1) is 11.1. The number of amides is 1. The topological polar surface area (TPSA) is 46.6 Å². The summed E-state index contributed by atoms with van der Waals surface area (Å²) in [4.78, 5) is 26.0. The van der Waals surface area contributed by atoms with Crippen LogP contribution in [-0.2, 0) is 20.9 Å². The van der Waals surface area contributed by atoms with Crippen LogP contribution in [0.1, 0.15) is 12.0 Å². The van der Waals surface area contributed by atoms with Gasteiger partial charge >= 0.3 is 5.97 Å². The summed E-state index contributed by atoms with van der Waals surface area (Å²) < 4.78 is 6.33. The Hall–Kier alpha value is -2.14. The number of para-hydroxylation sites is 1. The quantitative estimate of drug-likeness (QED) is 0.769. The molecule has 3 rings (SSSR count). The fourth-order valence-corrected chi connectivity index (χ4v) is 2.84. The first kappa shape index (κ1) is 15.7. The van der Waals surface area contributed by atoms with Crippen LogP contribution in [0.2, 0.25) is 0 Å². The summed E-state index contributed by atoms with van der Waals surface area (Å²) in [5.74, 6) is -0.764. The number of carbonyl (C=O) groups is 2. The van der Waals surface area contributed by atoms with Gasteiger partial charge in [0.1, 0.15) is 6.61 Å². The highest BCUT2D eigenvalue weighted by molar-refractivity contribution is 9.10. The van der Waals surface area contributed by atoms with E-state index < -0.39 is 5.92 Å². The minimum Gasteiger partial charge on any atom is -0.461 e. The molecule has 118 valence electrons. The van der Waals surface area contributed by atoms with Gasteiger partial charge in [0.25, 0.3) is 0 Å². The van der Waals surface area contributed by atoms with Crippen molar-refractivity contribution < 1.29 is 14.3 Å². The van der Waals surface area contributed by atoms with Gasteiger partial charge in [-0.3, -0.25) is 9.59 Å². The maximum atomic E-state index is 12.2. The Balaban J connectivity index is 1.58. The second-order valence-electron chi connectivity index (χ2n) is 5.48. The number of hydrogen-bond donors (Lipinski definition) is 0. The van der Waals surface area contributed by atoms with Crippen LogP contribution >= 0.6 is 15.9 Å². The Morgan fingerprint density at radius 1 is 1.13 bits per heavy atom. The normalized spacial score (nSPS) is 17.3. The largest absolute Gasteiger partial charge is 0.461 e. The van der Waals surface area contributed by atoms with E-state index in [0.29, 0.717) is 6.54 Å². The van der Waals surface area contributed by atoms with Crippen molar-refractivity contribution in [3.8, 4) is 0 Å². The van der Waals surface area contributed by atoms with Crippen molar-refractivity contribution in [2.24, 2.45) is 5.92 Å². The molecule has 2 aromatic rings. The molecule has 1 unspecified atom stereocenters.